The molecule has 2 unspecified atom stereocenters. The van der Waals surface area contributed by atoms with Gasteiger partial charge in [-0.2, -0.15) is 0 Å². The molecule has 0 spiro atoms. The number of ether oxygens (including phenoxy) is 1. The van der Waals surface area contributed by atoms with E-state index in [1.54, 1.807) is 50.8 Å². The van der Waals surface area contributed by atoms with Gasteiger partial charge in [-0.05, 0) is 77.1 Å². The van der Waals surface area contributed by atoms with Gasteiger partial charge in [-0.1, -0.05) is 52.5 Å². The second kappa shape index (κ2) is 14.8. The van der Waals surface area contributed by atoms with Gasteiger partial charge in [0.2, 0.25) is 11.8 Å². The highest BCUT2D eigenvalue weighted by atomic mass is 16.6. The summed E-state index contributed by atoms with van der Waals surface area (Å²) in [6.45, 7) is 17.0. The molecule has 3 N–H and O–H groups in total. The summed E-state index contributed by atoms with van der Waals surface area (Å²) in [6.07, 6.45) is 4.23. The molecular formula is C29H49N3O5. The number of hydrogen-bond acceptors (Lipinski definition) is 5. The van der Waals surface area contributed by atoms with Crippen LogP contribution in [0.4, 0.5) is 4.79 Å². The van der Waals surface area contributed by atoms with E-state index in [1.165, 1.54) is 0 Å². The summed E-state index contributed by atoms with van der Waals surface area (Å²) in [6, 6.07) is 3.04. The maximum atomic E-state index is 14.1. The second-order valence-corrected chi connectivity index (χ2v) is 11.4. The minimum atomic E-state index is -0.915. The van der Waals surface area contributed by atoms with Crippen molar-refractivity contribution < 1.29 is 24.2 Å². The lowest BCUT2D eigenvalue weighted by molar-refractivity contribution is -0.143. The largest absolute Gasteiger partial charge is 0.508 e. The number of carbonyl (C=O) groups is 3. The van der Waals surface area contributed by atoms with Crippen molar-refractivity contribution in [3.8, 4) is 5.75 Å². The fourth-order valence-corrected chi connectivity index (χ4v) is 4.06. The zero-order valence-electron chi connectivity index (χ0n) is 24.3. The molecule has 1 aromatic rings. The molecule has 0 heterocycles. The fraction of sp³-hybridized carbons (Fsp3) is 0.690. The van der Waals surface area contributed by atoms with Crippen LogP contribution in [-0.4, -0.2) is 52.1 Å². The first-order valence-corrected chi connectivity index (χ1v) is 13.6. The minimum Gasteiger partial charge on any atom is -0.508 e. The Morgan fingerprint density at radius 3 is 2.14 bits per heavy atom. The molecule has 0 aliphatic heterocycles. The third-order valence-corrected chi connectivity index (χ3v) is 5.92. The van der Waals surface area contributed by atoms with Crippen molar-refractivity contribution in [3.05, 3.63) is 29.3 Å². The SMILES string of the molecule is CCCCCCCN(C(=O)C(NC(=O)OC(C)(C)C)C(C)C)C(C(=O)NC(C)C)c1ccc(O)c(C)c1. The van der Waals surface area contributed by atoms with Crippen LogP contribution in [0.3, 0.4) is 0 Å². The van der Waals surface area contributed by atoms with Crippen molar-refractivity contribution in [2.75, 3.05) is 6.54 Å². The predicted octanol–water partition coefficient (Wildman–Crippen LogP) is 5.61. The van der Waals surface area contributed by atoms with Gasteiger partial charge in [0.05, 0.1) is 0 Å². The van der Waals surface area contributed by atoms with E-state index in [9.17, 15) is 19.5 Å². The maximum absolute atomic E-state index is 14.1. The Morgan fingerprint density at radius 2 is 1.62 bits per heavy atom. The summed E-state index contributed by atoms with van der Waals surface area (Å²) in [5, 5.41) is 15.8. The van der Waals surface area contributed by atoms with Crippen molar-refractivity contribution in [1.82, 2.24) is 15.5 Å². The van der Waals surface area contributed by atoms with Gasteiger partial charge in [0.1, 0.15) is 23.4 Å². The Hall–Kier alpha value is -2.77. The smallest absolute Gasteiger partial charge is 0.408 e. The van der Waals surface area contributed by atoms with Crippen molar-refractivity contribution in [3.63, 3.8) is 0 Å². The molecule has 0 saturated carbocycles. The van der Waals surface area contributed by atoms with E-state index in [-0.39, 0.29) is 29.5 Å². The Balaban J connectivity index is 3.47. The van der Waals surface area contributed by atoms with Gasteiger partial charge in [-0.3, -0.25) is 9.59 Å². The normalized spacial score (nSPS) is 13.3. The number of benzene rings is 1. The van der Waals surface area contributed by atoms with E-state index in [0.717, 1.165) is 32.1 Å². The van der Waals surface area contributed by atoms with E-state index < -0.39 is 23.8 Å². The second-order valence-electron chi connectivity index (χ2n) is 11.4. The molecule has 1 rings (SSSR count). The minimum absolute atomic E-state index is 0.121. The maximum Gasteiger partial charge on any atom is 0.408 e. The van der Waals surface area contributed by atoms with Gasteiger partial charge < -0.3 is 25.4 Å². The third kappa shape index (κ3) is 11.0. The van der Waals surface area contributed by atoms with Gasteiger partial charge in [-0.15, -0.1) is 0 Å². The average Bonchev–Trinajstić information content (AvgIpc) is 2.76. The van der Waals surface area contributed by atoms with Crippen LogP contribution < -0.4 is 10.6 Å². The highest BCUT2D eigenvalue weighted by Crippen LogP contribution is 2.28. The number of rotatable bonds is 13. The Morgan fingerprint density at radius 1 is 1.00 bits per heavy atom. The van der Waals surface area contributed by atoms with E-state index in [0.29, 0.717) is 17.7 Å². The predicted molar refractivity (Wildman–Crippen MR) is 147 cm³/mol. The van der Waals surface area contributed by atoms with Crippen molar-refractivity contribution >= 4 is 17.9 Å². The third-order valence-electron chi connectivity index (χ3n) is 5.92. The van der Waals surface area contributed by atoms with E-state index in [1.807, 2.05) is 27.7 Å². The molecule has 0 fully saturated rings. The zero-order valence-corrected chi connectivity index (χ0v) is 24.3. The summed E-state index contributed by atoms with van der Waals surface area (Å²) >= 11 is 0. The standard InChI is InChI=1S/C29H49N3O5/c1-10-11-12-13-14-17-32(27(35)24(19(2)3)31-28(36)37-29(7,8)9)25(26(34)30-20(4)5)22-15-16-23(33)21(6)18-22/h15-16,18-20,24-25,33H,10-14,17H2,1-9H3,(H,30,34)(H,31,36). The first-order chi connectivity index (χ1) is 17.2. The highest BCUT2D eigenvalue weighted by molar-refractivity contribution is 5.92. The lowest BCUT2D eigenvalue weighted by Crippen LogP contribution is -2.55. The van der Waals surface area contributed by atoms with Crippen molar-refractivity contribution in [2.45, 2.75) is 118 Å². The van der Waals surface area contributed by atoms with E-state index in [2.05, 4.69) is 17.6 Å². The van der Waals surface area contributed by atoms with Gasteiger partial charge in [0.25, 0.3) is 0 Å². The molecule has 210 valence electrons. The molecule has 8 nitrogen and oxygen atoms in total. The molecule has 8 heteroatoms. The number of nitrogens with zero attached hydrogens (tertiary/aromatic N) is 1. The van der Waals surface area contributed by atoms with E-state index in [4.69, 9.17) is 4.74 Å². The van der Waals surface area contributed by atoms with Crippen LogP contribution in [-0.2, 0) is 14.3 Å². The lowest BCUT2D eigenvalue weighted by Gasteiger charge is -2.36. The van der Waals surface area contributed by atoms with Crippen LogP contribution in [0.1, 0.15) is 105 Å². The number of carbonyl (C=O) groups excluding carboxylic acids is 3. The lowest BCUT2D eigenvalue weighted by atomic mass is 9.97. The van der Waals surface area contributed by atoms with Gasteiger partial charge in [0, 0.05) is 12.6 Å². The molecule has 2 atom stereocenters. The molecule has 1 aromatic carbocycles. The summed E-state index contributed by atoms with van der Waals surface area (Å²) in [4.78, 5) is 41.8. The Kier molecular flexibility index (Phi) is 12.9. The zero-order chi connectivity index (χ0) is 28.3. The molecule has 0 aromatic heterocycles. The number of phenolic OH excluding ortho intramolecular Hbond substituents is 1. The summed E-state index contributed by atoms with van der Waals surface area (Å²) < 4.78 is 5.42. The average molecular weight is 520 g/mol. The number of amides is 3. The topological polar surface area (TPSA) is 108 Å². The number of phenols is 1. The summed E-state index contributed by atoms with van der Waals surface area (Å²) in [5.74, 6) is -0.762. The molecular weight excluding hydrogens is 470 g/mol. The summed E-state index contributed by atoms with van der Waals surface area (Å²) in [5.41, 5.74) is 0.509. The Labute approximate surface area is 223 Å². The van der Waals surface area contributed by atoms with Crippen molar-refractivity contribution in [2.24, 2.45) is 5.92 Å². The van der Waals surface area contributed by atoms with Gasteiger partial charge in [-0.25, -0.2) is 4.79 Å². The molecule has 37 heavy (non-hydrogen) atoms. The van der Waals surface area contributed by atoms with Gasteiger partial charge >= 0.3 is 6.09 Å². The molecule has 0 radical (unpaired) electrons. The number of nitrogens with one attached hydrogen (secondary N) is 2. The van der Waals surface area contributed by atoms with E-state index >= 15 is 0 Å². The van der Waals surface area contributed by atoms with Crippen LogP contribution in [0.2, 0.25) is 0 Å². The number of aryl methyl sites for hydroxylation is 1. The number of unbranched alkanes of at least 4 members (excludes halogenated alkanes) is 4. The van der Waals surface area contributed by atoms with Crippen LogP contribution in [0.15, 0.2) is 18.2 Å². The number of aromatic hydroxyl groups is 1. The Bertz CT molecular complexity index is 892. The number of alkyl carbamates (subject to hydrolysis) is 1. The van der Waals surface area contributed by atoms with Gasteiger partial charge in [0.15, 0.2) is 0 Å². The van der Waals surface area contributed by atoms with Crippen LogP contribution in [0, 0.1) is 12.8 Å². The molecule has 0 aliphatic rings. The summed E-state index contributed by atoms with van der Waals surface area (Å²) in [7, 11) is 0. The highest BCUT2D eigenvalue weighted by Gasteiger charge is 2.37. The molecule has 3 amide bonds. The fourth-order valence-electron chi connectivity index (χ4n) is 4.06. The quantitative estimate of drug-likeness (QED) is 0.293. The van der Waals surface area contributed by atoms with Crippen molar-refractivity contribution in [1.29, 1.82) is 0 Å². The monoisotopic (exact) mass is 519 g/mol. The first kappa shape index (κ1) is 32.3. The molecule has 0 aliphatic carbocycles. The van der Waals surface area contributed by atoms with Crippen LogP contribution >= 0.6 is 0 Å². The molecule has 0 saturated heterocycles. The van der Waals surface area contributed by atoms with Crippen LogP contribution in [0.25, 0.3) is 0 Å². The number of hydrogen-bond donors (Lipinski definition) is 3. The van der Waals surface area contributed by atoms with Crippen LogP contribution in [0.5, 0.6) is 5.75 Å². The molecule has 0 bridgehead atoms. The first-order valence-electron chi connectivity index (χ1n) is 13.6.